The minimum Gasteiger partial charge on any atom is -0.362 e. The van der Waals surface area contributed by atoms with Crippen LogP contribution in [0.5, 0.6) is 0 Å². The van der Waals surface area contributed by atoms with E-state index in [-0.39, 0.29) is 10.0 Å². The van der Waals surface area contributed by atoms with Crippen LogP contribution in [0.3, 0.4) is 0 Å². The summed E-state index contributed by atoms with van der Waals surface area (Å²) in [7, 11) is -3.58. The molecule has 1 aromatic rings. The average Bonchev–Trinajstić information content (AvgIpc) is 2.46. The Balaban J connectivity index is 2.30. The predicted octanol–water partition coefficient (Wildman–Crippen LogP) is 1.92. The van der Waals surface area contributed by atoms with Gasteiger partial charge >= 0.3 is 0 Å². The normalized spacial score (nSPS) is 11.1. The summed E-state index contributed by atoms with van der Waals surface area (Å²) in [5, 5.41) is 3.24. The highest BCUT2D eigenvalue weighted by Crippen LogP contribution is 2.05. The highest BCUT2D eigenvalue weighted by atomic mass is 32.2. The fraction of sp³-hybridized carbons (Fsp3) is 0.462. The Hall–Kier alpha value is -1.18. The van der Waals surface area contributed by atoms with Gasteiger partial charge in [0, 0.05) is 6.54 Å². The summed E-state index contributed by atoms with van der Waals surface area (Å²) in [5.41, 5.74) is 2.49. The maximum absolute atomic E-state index is 11.9. The molecule has 0 unspecified atom stereocenters. The van der Waals surface area contributed by atoms with Gasteiger partial charge in [0.2, 0.25) is 0 Å². The lowest BCUT2D eigenvalue weighted by Crippen LogP contribution is -2.46. The van der Waals surface area contributed by atoms with Gasteiger partial charge < -0.3 is 5.32 Å². The van der Waals surface area contributed by atoms with Crippen LogP contribution in [0.2, 0.25) is 0 Å². The van der Waals surface area contributed by atoms with Crippen LogP contribution in [0, 0.1) is 0 Å². The van der Waals surface area contributed by atoms with E-state index < -0.39 is 10.0 Å². The van der Waals surface area contributed by atoms with E-state index in [1.165, 1.54) is 25.0 Å². The van der Waals surface area contributed by atoms with Gasteiger partial charge in [-0.15, -0.1) is 4.83 Å². The van der Waals surface area contributed by atoms with E-state index in [0.29, 0.717) is 0 Å². The van der Waals surface area contributed by atoms with E-state index in [9.17, 15) is 8.42 Å². The lowest BCUT2D eigenvalue weighted by Gasteiger charge is -2.11. The molecule has 0 aromatic heterocycles. The van der Waals surface area contributed by atoms with Crippen molar-refractivity contribution in [1.82, 2.24) is 15.6 Å². The molecule has 1 aromatic carbocycles. The molecule has 7 heteroatoms. The van der Waals surface area contributed by atoms with Crippen LogP contribution >= 0.6 is 12.2 Å². The molecule has 0 spiro atoms. The molecule has 20 heavy (non-hydrogen) atoms. The van der Waals surface area contributed by atoms with Crippen LogP contribution < -0.4 is 15.6 Å². The van der Waals surface area contributed by atoms with Gasteiger partial charge in [-0.3, -0.25) is 5.43 Å². The molecule has 5 nitrogen and oxygen atoms in total. The number of hydrogen-bond acceptors (Lipinski definition) is 3. The largest absolute Gasteiger partial charge is 0.362 e. The van der Waals surface area contributed by atoms with Crippen molar-refractivity contribution in [3.63, 3.8) is 0 Å². The number of benzene rings is 1. The SMILES string of the molecule is CCCCCCNC(=S)NNS(=O)(=O)c1ccccc1. The second kappa shape index (κ2) is 8.89. The summed E-state index contributed by atoms with van der Waals surface area (Å²) in [5.74, 6) is 0. The maximum Gasteiger partial charge on any atom is 0.257 e. The van der Waals surface area contributed by atoms with E-state index in [2.05, 4.69) is 22.5 Å². The molecule has 112 valence electrons. The third-order valence-corrected chi connectivity index (χ3v) is 4.18. The third kappa shape index (κ3) is 6.31. The standard InChI is InChI=1S/C13H21N3O2S2/c1-2-3-4-8-11-14-13(19)15-16-20(17,18)12-9-6-5-7-10-12/h5-7,9-10,16H,2-4,8,11H2,1H3,(H2,14,15,19). The summed E-state index contributed by atoms with van der Waals surface area (Å²) in [6, 6.07) is 8.13. The van der Waals surface area contributed by atoms with E-state index in [1.807, 2.05) is 0 Å². The molecular formula is C13H21N3O2S2. The van der Waals surface area contributed by atoms with Crippen molar-refractivity contribution in [2.45, 2.75) is 37.5 Å². The summed E-state index contributed by atoms with van der Waals surface area (Å²) in [4.78, 5) is 2.44. The van der Waals surface area contributed by atoms with Crippen molar-refractivity contribution >= 4 is 27.4 Å². The molecule has 0 saturated heterocycles. The topological polar surface area (TPSA) is 70.2 Å². The molecule has 0 radical (unpaired) electrons. The second-order valence-corrected chi connectivity index (χ2v) is 6.45. The van der Waals surface area contributed by atoms with E-state index >= 15 is 0 Å². The molecule has 0 saturated carbocycles. The van der Waals surface area contributed by atoms with Crippen molar-refractivity contribution in [2.24, 2.45) is 0 Å². The van der Waals surface area contributed by atoms with Gasteiger partial charge in [-0.2, -0.15) is 0 Å². The van der Waals surface area contributed by atoms with Crippen LogP contribution in [-0.2, 0) is 10.0 Å². The smallest absolute Gasteiger partial charge is 0.257 e. The van der Waals surface area contributed by atoms with Crippen molar-refractivity contribution in [2.75, 3.05) is 6.54 Å². The minimum atomic E-state index is -3.58. The third-order valence-electron chi connectivity index (χ3n) is 2.67. The Kier molecular flexibility index (Phi) is 7.50. The Morgan fingerprint density at radius 1 is 1.15 bits per heavy atom. The van der Waals surface area contributed by atoms with Crippen molar-refractivity contribution < 1.29 is 8.42 Å². The van der Waals surface area contributed by atoms with Crippen LogP contribution in [-0.4, -0.2) is 20.1 Å². The zero-order valence-electron chi connectivity index (χ0n) is 11.6. The van der Waals surface area contributed by atoms with Gasteiger partial charge in [0.25, 0.3) is 10.0 Å². The Labute approximate surface area is 126 Å². The van der Waals surface area contributed by atoms with Crippen LogP contribution in [0.25, 0.3) is 0 Å². The fourth-order valence-corrected chi connectivity index (χ4v) is 2.66. The van der Waals surface area contributed by atoms with Gasteiger partial charge in [-0.05, 0) is 30.8 Å². The highest BCUT2D eigenvalue weighted by Gasteiger charge is 2.12. The van der Waals surface area contributed by atoms with Gasteiger partial charge in [0.15, 0.2) is 5.11 Å². The van der Waals surface area contributed by atoms with Crippen LogP contribution in [0.15, 0.2) is 35.2 Å². The highest BCUT2D eigenvalue weighted by molar-refractivity contribution is 7.89. The van der Waals surface area contributed by atoms with Crippen molar-refractivity contribution in [3.8, 4) is 0 Å². The molecule has 0 atom stereocenters. The first-order valence-corrected chi connectivity index (χ1v) is 8.56. The van der Waals surface area contributed by atoms with E-state index in [0.717, 1.165) is 19.4 Å². The van der Waals surface area contributed by atoms with E-state index in [1.54, 1.807) is 18.2 Å². The first-order chi connectivity index (χ1) is 9.56. The first-order valence-electron chi connectivity index (χ1n) is 6.67. The average molecular weight is 315 g/mol. The molecule has 1 rings (SSSR count). The lowest BCUT2D eigenvalue weighted by molar-refractivity contribution is 0.575. The van der Waals surface area contributed by atoms with Crippen LogP contribution in [0.1, 0.15) is 32.6 Å². The molecule has 0 aliphatic rings. The Morgan fingerprint density at radius 2 is 1.85 bits per heavy atom. The zero-order chi connectivity index (χ0) is 14.8. The molecule has 0 amide bonds. The molecule has 0 aliphatic carbocycles. The molecule has 0 bridgehead atoms. The zero-order valence-corrected chi connectivity index (χ0v) is 13.2. The summed E-state index contributed by atoms with van der Waals surface area (Å²) < 4.78 is 23.8. The monoisotopic (exact) mass is 315 g/mol. The van der Waals surface area contributed by atoms with Gasteiger partial charge in [-0.1, -0.05) is 44.4 Å². The predicted molar refractivity (Wildman–Crippen MR) is 84.6 cm³/mol. The summed E-state index contributed by atoms with van der Waals surface area (Å²) in [6.45, 7) is 2.89. The maximum atomic E-state index is 11.9. The molecule has 3 N–H and O–H groups in total. The number of rotatable bonds is 8. The summed E-state index contributed by atoms with van der Waals surface area (Å²) in [6.07, 6.45) is 4.53. The molecule has 0 aliphatic heterocycles. The fourth-order valence-electron chi connectivity index (χ4n) is 1.57. The van der Waals surface area contributed by atoms with Crippen molar-refractivity contribution in [1.29, 1.82) is 0 Å². The number of unbranched alkanes of at least 4 members (excludes halogenated alkanes) is 3. The second-order valence-electron chi connectivity index (χ2n) is 4.36. The molecular weight excluding hydrogens is 294 g/mol. The first kappa shape index (κ1) is 16.9. The number of hydrazine groups is 1. The van der Waals surface area contributed by atoms with Crippen molar-refractivity contribution in [3.05, 3.63) is 30.3 Å². The van der Waals surface area contributed by atoms with Crippen LogP contribution in [0.4, 0.5) is 0 Å². The number of nitrogens with one attached hydrogen (secondary N) is 3. The summed E-state index contributed by atoms with van der Waals surface area (Å²) >= 11 is 5.00. The molecule has 0 heterocycles. The van der Waals surface area contributed by atoms with Gasteiger partial charge in [0.05, 0.1) is 4.90 Å². The Morgan fingerprint density at radius 3 is 2.50 bits per heavy atom. The van der Waals surface area contributed by atoms with Gasteiger partial charge in [-0.25, -0.2) is 8.42 Å². The quantitative estimate of drug-likeness (QED) is 0.388. The number of hydrogen-bond donors (Lipinski definition) is 3. The molecule has 0 fully saturated rings. The minimum absolute atomic E-state index is 0.193. The van der Waals surface area contributed by atoms with E-state index in [4.69, 9.17) is 12.2 Å². The number of thiocarbonyl (C=S) groups is 1. The Bertz CT molecular complexity index is 504. The number of sulfonamides is 1. The lowest BCUT2D eigenvalue weighted by atomic mass is 10.2. The van der Waals surface area contributed by atoms with Gasteiger partial charge in [0.1, 0.15) is 0 Å².